The number of carboxylic acids is 1. The Morgan fingerprint density at radius 3 is 2.71 bits per heavy atom. The van der Waals surface area contributed by atoms with Gasteiger partial charge in [0.25, 0.3) is 0 Å². The summed E-state index contributed by atoms with van der Waals surface area (Å²) >= 11 is 0. The normalized spacial score (nSPS) is 15.9. The number of nitrogens with zero attached hydrogens (tertiary/aromatic N) is 3. The molecule has 92 valence electrons. The van der Waals surface area contributed by atoms with Crippen LogP contribution in [-0.4, -0.2) is 33.9 Å². The van der Waals surface area contributed by atoms with Gasteiger partial charge in [-0.1, -0.05) is 11.6 Å². The Kier molecular flexibility index (Phi) is 2.92. The van der Waals surface area contributed by atoms with Crippen molar-refractivity contribution in [3.63, 3.8) is 0 Å². The van der Waals surface area contributed by atoms with Gasteiger partial charge in [0.15, 0.2) is 0 Å². The Morgan fingerprint density at radius 1 is 1.47 bits per heavy atom. The summed E-state index contributed by atoms with van der Waals surface area (Å²) in [6.45, 7) is 5.44. The van der Waals surface area contributed by atoms with Gasteiger partial charge >= 0.3 is 5.97 Å². The minimum Gasteiger partial charge on any atom is -0.477 e. The van der Waals surface area contributed by atoms with Gasteiger partial charge in [-0.3, -0.25) is 4.68 Å². The van der Waals surface area contributed by atoms with Crippen molar-refractivity contribution in [3.8, 4) is 0 Å². The molecule has 2 rings (SSSR count). The van der Waals surface area contributed by atoms with Crippen LogP contribution in [0, 0.1) is 6.92 Å². The molecule has 0 unspecified atom stereocenters. The number of aromatic nitrogens is 2. The molecule has 0 amide bonds. The van der Waals surface area contributed by atoms with E-state index in [1.165, 1.54) is 5.57 Å². The van der Waals surface area contributed by atoms with Crippen LogP contribution < -0.4 is 4.90 Å². The number of anilines is 1. The van der Waals surface area contributed by atoms with Crippen molar-refractivity contribution in [2.24, 2.45) is 7.05 Å². The van der Waals surface area contributed by atoms with E-state index in [1.807, 2.05) is 0 Å². The first-order valence-corrected chi connectivity index (χ1v) is 5.68. The number of carboxylic acid groups (broad SMARTS) is 1. The molecule has 1 aliphatic heterocycles. The highest BCUT2D eigenvalue weighted by molar-refractivity contribution is 5.95. The Bertz CT molecular complexity index is 488. The second kappa shape index (κ2) is 4.24. The van der Waals surface area contributed by atoms with E-state index in [9.17, 15) is 9.90 Å². The highest BCUT2D eigenvalue weighted by atomic mass is 16.4. The Hall–Kier alpha value is -1.78. The van der Waals surface area contributed by atoms with Crippen molar-refractivity contribution in [1.82, 2.24) is 9.78 Å². The van der Waals surface area contributed by atoms with Crippen LogP contribution in [0.15, 0.2) is 11.6 Å². The lowest BCUT2D eigenvalue weighted by Gasteiger charge is -2.27. The molecule has 2 heterocycles. The smallest absolute Gasteiger partial charge is 0.341 e. The molecule has 0 atom stereocenters. The maximum Gasteiger partial charge on any atom is 0.341 e. The molecule has 5 heteroatoms. The van der Waals surface area contributed by atoms with E-state index < -0.39 is 5.97 Å². The summed E-state index contributed by atoms with van der Waals surface area (Å²) in [4.78, 5) is 13.3. The van der Waals surface area contributed by atoms with Gasteiger partial charge in [-0.15, -0.1) is 0 Å². The Balaban J connectivity index is 2.41. The molecule has 17 heavy (non-hydrogen) atoms. The van der Waals surface area contributed by atoms with Crippen molar-refractivity contribution in [1.29, 1.82) is 0 Å². The zero-order valence-corrected chi connectivity index (χ0v) is 10.4. The maximum atomic E-state index is 11.3. The van der Waals surface area contributed by atoms with E-state index in [0.29, 0.717) is 17.1 Å². The lowest BCUT2D eigenvalue weighted by atomic mass is 10.1. The van der Waals surface area contributed by atoms with Crippen LogP contribution in [0.5, 0.6) is 0 Å². The molecule has 0 saturated heterocycles. The predicted octanol–water partition coefficient (Wildman–Crippen LogP) is 1.58. The van der Waals surface area contributed by atoms with Crippen LogP contribution in [0.4, 0.5) is 5.82 Å². The van der Waals surface area contributed by atoms with E-state index in [2.05, 4.69) is 23.0 Å². The second-order valence-electron chi connectivity index (χ2n) is 4.46. The fourth-order valence-corrected chi connectivity index (χ4v) is 2.22. The highest BCUT2D eigenvalue weighted by Gasteiger charge is 2.24. The fourth-order valence-electron chi connectivity index (χ4n) is 2.22. The SMILES string of the molecule is CC1=CCN(c2c(C(=O)O)c(C)nn2C)CC1. The standard InChI is InChI=1S/C12H17N3O2/c1-8-4-6-15(7-5-8)11-10(12(16)17)9(2)13-14(11)3/h4H,5-7H2,1-3H3,(H,16,17). The molecule has 1 aliphatic rings. The minimum atomic E-state index is -0.906. The number of hydrogen-bond acceptors (Lipinski definition) is 3. The van der Waals surface area contributed by atoms with Crippen molar-refractivity contribution in [3.05, 3.63) is 22.9 Å². The summed E-state index contributed by atoms with van der Waals surface area (Å²) in [5.74, 6) is -0.198. The molecule has 1 N–H and O–H groups in total. The van der Waals surface area contributed by atoms with E-state index in [1.54, 1.807) is 18.7 Å². The lowest BCUT2D eigenvalue weighted by molar-refractivity contribution is 0.0696. The van der Waals surface area contributed by atoms with Crippen LogP contribution in [0.2, 0.25) is 0 Å². The Labute approximate surface area is 100 Å². The van der Waals surface area contributed by atoms with Crippen molar-refractivity contribution < 1.29 is 9.90 Å². The Morgan fingerprint density at radius 2 is 2.18 bits per heavy atom. The first kappa shape index (κ1) is 11.7. The molecule has 0 saturated carbocycles. The molecular formula is C12H17N3O2. The van der Waals surface area contributed by atoms with Crippen LogP contribution in [-0.2, 0) is 7.05 Å². The average molecular weight is 235 g/mol. The summed E-state index contributed by atoms with van der Waals surface area (Å²) < 4.78 is 1.66. The van der Waals surface area contributed by atoms with Crippen LogP contribution >= 0.6 is 0 Å². The summed E-state index contributed by atoms with van der Waals surface area (Å²) in [5, 5.41) is 13.4. The van der Waals surface area contributed by atoms with Crippen LogP contribution in [0.3, 0.4) is 0 Å². The lowest BCUT2D eigenvalue weighted by Crippen LogP contribution is -2.31. The molecule has 0 bridgehead atoms. The van der Waals surface area contributed by atoms with Gasteiger partial charge in [0.2, 0.25) is 0 Å². The average Bonchev–Trinajstić information content (AvgIpc) is 2.55. The molecule has 1 aromatic rings. The first-order valence-electron chi connectivity index (χ1n) is 5.68. The number of aromatic carboxylic acids is 1. The third-order valence-electron chi connectivity index (χ3n) is 3.14. The van der Waals surface area contributed by atoms with Gasteiger partial charge in [-0.05, 0) is 20.3 Å². The summed E-state index contributed by atoms with van der Waals surface area (Å²) in [5.41, 5.74) is 2.25. The van der Waals surface area contributed by atoms with E-state index in [0.717, 1.165) is 19.5 Å². The first-order chi connectivity index (χ1) is 8.00. The predicted molar refractivity (Wildman–Crippen MR) is 65.5 cm³/mol. The number of aryl methyl sites for hydroxylation is 2. The second-order valence-corrected chi connectivity index (χ2v) is 4.46. The van der Waals surface area contributed by atoms with E-state index in [-0.39, 0.29) is 0 Å². The van der Waals surface area contributed by atoms with Crippen molar-refractivity contribution in [2.45, 2.75) is 20.3 Å². The molecule has 5 nitrogen and oxygen atoms in total. The quantitative estimate of drug-likeness (QED) is 0.791. The number of hydrogen-bond donors (Lipinski definition) is 1. The molecular weight excluding hydrogens is 218 g/mol. The zero-order valence-electron chi connectivity index (χ0n) is 10.4. The summed E-state index contributed by atoms with van der Waals surface area (Å²) in [6, 6.07) is 0. The summed E-state index contributed by atoms with van der Waals surface area (Å²) in [7, 11) is 1.79. The highest BCUT2D eigenvalue weighted by Crippen LogP contribution is 2.25. The fraction of sp³-hybridized carbons (Fsp3) is 0.500. The molecule has 0 spiro atoms. The number of carbonyl (C=O) groups is 1. The van der Waals surface area contributed by atoms with Gasteiger partial charge in [0, 0.05) is 20.1 Å². The van der Waals surface area contributed by atoms with Crippen molar-refractivity contribution in [2.75, 3.05) is 18.0 Å². The van der Waals surface area contributed by atoms with E-state index in [4.69, 9.17) is 0 Å². The molecule has 0 fully saturated rings. The summed E-state index contributed by atoms with van der Waals surface area (Å²) in [6.07, 6.45) is 3.11. The maximum absolute atomic E-state index is 11.3. The number of rotatable bonds is 2. The van der Waals surface area contributed by atoms with Crippen LogP contribution in [0.25, 0.3) is 0 Å². The molecule has 0 aliphatic carbocycles. The molecule has 0 radical (unpaired) electrons. The van der Waals surface area contributed by atoms with Gasteiger partial charge in [-0.2, -0.15) is 5.10 Å². The molecule has 1 aromatic heterocycles. The van der Waals surface area contributed by atoms with Gasteiger partial charge in [-0.25, -0.2) is 4.79 Å². The third-order valence-corrected chi connectivity index (χ3v) is 3.14. The van der Waals surface area contributed by atoms with Crippen molar-refractivity contribution >= 4 is 11.8 Å². The van der Waals surface area contributed by atoms with Gasteiger partial charge < -0.3 is 10.0 Å². The van der Waals surface area contributed by atoms with Gasteiger partial charge in [0.05, 0.1) is 5.69 Å². The van der Waals surface area contributed by atoms with E-state index >= 15 is 0 Å². The van der Waals surface area contributed by atoms with Crippen LogP contribution in [0.1, 0.15) is 29.4 Å². The van der Waals surface area contributed by atoms with Gasteiger partial charge in [0.1, 0.15) is 11.4 Å². The zero-order chi connectivity index (χ0) is 12.6. The topological polar surface area (TPSA) is 58.4 Å². The third kappa shape index (κ3) is 2.05. The molecule has 0 aromatic carbocycles. The minimum absolute atomic E-state index is 0.320. The largest absolute Gasteiger partial charge is 0.477 e. The monoisotopic (exact) mass is 235 g/mol.